The Morgan fingerprint density at radius 2 is 1.70 bits per heavy atom. The third kappa shape index (κ3) is 6.52. The third-order valence-electron chi connectivity index (χ3n) is 6.80. The van der Waals surface area contributed by atoms with Crippen LogP contribution in [0.3, 0.4) is 0 Å². The molecule has 7 heteroatoms. The number of nitrogens with zero attached hydrogens (tertiary/aromatic N) is 2. The Labute approximate surface area is 220 Å². The second-order valence-corrected chi connectivity index (χ2v) is 9.20. The van der Waals surface area contributed by atoms with Gasteiger partial charge in [0.15, 0.2) is 0 Å². The predicted octanol–water partition coefficient (Wildman–Crippen LogP) is 5.34. The largest absolute Gasteiger partial charge is 0.507 e. The molecule has 0 bridgehead atoms. The summed E-state index contributed by atoms with van der Waals surface area (Å²) in [5, 5.41) is 11.4. The van der Waals surface area contributed by atoms with Gasteiger partial charge in [-0.25, -0.2) is 0 Å². The van der Waals surface area contributed by atoms with Crippen molar-refractivity contribution in [1.82, 2.24) is 9.80 Å². The first-order chi connectivity index (χ1) is 17.9. The highest BCUT2D eigenvalue weighted by Gasteiger charge is 2.46. The molecular formula is C30H40N2O5. The molecule has 37 heavy (non-hydrogen) atoms. The summed E-state index contributed by atoms with van der Waals surface area (Å²) in [6, 6.07) is 12.1. The van der Waals surface area contributed by atoms with E-state index in [9.17, 15) is 14.7 Å². The number of benzene rings is 2. The molecule has 1 atom stereocenters. The number of hydrogen-bond acceptors (Lipinski definition) is 6. The van der Waals surface area contributed by atoms with Crippen LogP contribution in [0.4, 0.5) is 0 Å². The van der Waals surface area contributed by atoms with Gasteiger partial charge in [-0.3, -0.25) is 9.59 Å². The molecule has 1 amide bonds. The van der Waals surface area contributed by atoms with Crippen molar-refractivity contribution in [2.24, 2.45) is 0 Å². The molecule has 200 valence electrons. The number of unbranched alkanes of at least 4 members (excludes halogenated alkanes) is 1. The van der Waals surface area contributed by atoms with Crippen LogP contribution in [0.2, 0.25) is 0 Å². The van der Waals surface area contributed by atoms with Crippen molar-refractivity contribution < 1.29 is 24.2 Å². The van der Waals surface area contributed by atoms with Crippen molar-refractivity contribution in [3.8, 4) is 11.5 Å². The standard InChI is InChI=1S/C30H40N2O5/c1-6-10-19-37-24-14-11-22(12-15-24)27-26(28(33)23-13-16-25(36-9-4)21(5)20-23)29(34)30(35)32(27)18-17-31(7-2)8-3/h11-16,20,27,33H,6-10,17-19H2,1-5H3/b28-26+. The number of hydrogen-bond donors (Lipinski definition) is 1. The molecule has 1 heterocycles. The van der Waals surface area contributed by atoms with E-state index >= 15 is 0 Å². The van der Waals surface area contributed by atoms with Crippen LogP contribution in [0.1, 0.15) is 63.3 Å². The second-order valence-electron chi connectivity index (χ2n) is 9.20. The van der Waals surface area contributed by atoms with E-state index in [0.717, 1.165) is 42.8 Å². The quantitative estimate of drug-likeness (QED) is 0.170. The van der Waals surface area contributed by atoms with E-state index in [0.29, 0.717) is 37.6 Å². The lowest BCUT2D eigenvalue weighted by Gasteiger charge is -2.28. The van der Waals surface area contributed by atoms with Crippen molar-refractivity contribution >= 4 is 17.4 Å². The topological polar surface area (TPSA) is 79.3 Å². The van der Waals surface area contributed by atoms with Crippen LogP contribution < -0.4 is 9.47 Å². The molecule has 1 N–H and O–H groups in total. The van der Waals surface area contributed by atoms with Crippen LogP contribution in [0.15, 0.2) is 48.0 Å². The molecular weight excluding hydrogens is 468 g/mol. The number of likely N-dealkylation sites (tertiary alicyclic amines) is 1. The van der Waals surface area contributed by atoms with E-state index < -0.39 is 17.7 Å². The van der Waals surface area contributed by atoms with Crippen LogP contribution in [-0.2, 0) is 9.59 Å². The predicted molar refractivity (Wildman–Crippen MR) is 146 cm³/mol. The van der Waals surface area contributed by atoms with Crippen molar-refractivity contribution in [2.45, 2.75) is 53.5 Å². The van der Waals surface area contributed by atoms with Crippen LogP contribution in [0, 0.1) is 6.92 Å². The molecule has 1 aliphatic rings. The molecule has 7 nitrogen and oxygen atoms in total. The Balaban J connectivity index is 2.04. The fraction of sp³-hybridized carbons (Fsp3) is 0.467. The van der Waals surface area contributed by atoms with Gasteiger partial charge in [0.25, 0.3) is 11.7 Å². The number of Topliss-reactive ketones (excluding diaryl/α,β-unsaturated/α-hetero) is 1. The third-order valence-corrected chi connectivity index (χ3v) is 6.80. The van der Waals surface area contributed by atoms with E-state index in [-0.39, 0.29) is 11.3 Å². The van der Waals surface area contributed by atoms with Gasteiger partial charge < -0.3 is 24.4 Å². The zero-order valence-corrected chi connectivity index (χ0v) is 22.8. The summed E-state index contributed by atoms with van der Waals surface area (Å²) in [4.78, 5) is 30.4. The Bertz CT molecular complexity index is 1110. The molecule has 0 spiro atoms. The van der Waals surface area contributed by atoms with E-state index in [1.807, 2.05) is 38.1 Å². The van der Waals surface area contributed by atoms with Gasteiger partial charge in [0, 0.05) is 18.7 Å². The maximum atomic E-state index is 13.3. The number of carbonyl (C=O) groups excluding carboxylic acids is 2. The number of amides is 1. The maximum Gasteiger partial charge on any atom is 0.295 e. The number of carbonyl (C=O) groups is 2. The summed E-state index contributed by atoms with van der Waals surface area (Å²) in [6.45, 7) is 13.9. The summed E-state index contributed by atoms with van der Waals surface area (Å²) >= 11 is 0. The van der Waals surface area contributed by atoms with Crippen LogP contribution >= 0.6 is 0 Å². The first-order valence-electron chi connectivity index (χ1n) is 13.3. The van der Waals surface area contributed by atoms with Crippen molar-refractivity contribution in [3.05, 3.63) is 64.7 Å². The maximum absolute atomic E-state index is 13.3. The van der Waals surface area contributed by atoms with Gasteiger partial charge in [-0.05, 0) is 74.8 Å². The van der Waals surface area contributed by atoms with E-state index in [4.69, 9.17) is 9.47 Å². The van der Waals surface area contributed by atoms with Gasteiger partial charge in [0.2, 0.25) is 0 Å². The Morgan fingerprint density at radius 1 is 1.00 bits per heavy atom. The smallest absolute Gasteiger partial charge is 0.295 e. The molecule has 2 aromatic carbocycles. The zero-order valence-electron chi connectivity index (χ0n) is 22.8. The van der Waals surface area contributed by atoms with Crippen LogP contribution in [-0.4, -0.2) is 66.0 Å². The molecule has 2 aromatic rings. The Morgan fingerprint density at radius 3 is 2.30 bits per heavy atom. The summed E-state index contributed by atoms with van der Waals surface area (Å²) in [7, 11) is 0. The monoisotopic (exact) mass is 508 g/mol. The highest BCUT2D eigenvalue weighted by molar-refractivity contribution is 6.46. The minimum atomic E-state index is -0.688. The summed E-state index contributed by atoms with van der Waals surface area (Å²) in [5.41, 5.74) is 2.18. The van der Waals surface area contributed by atoms with Crippen molar-refractivity contribution in [2.75, 3.05) is 39.4 Å². The first-order valence-corrected chi connectivity index (χ1v) is 13.3. The zero-order chi connectivity index (χ0) is 26.9. The van der Waals surface area contributed by atoms with Gasteiger partial charge in [-0.15, -0.1) is 0 Å². The number of rotatable bonds is 13. The Hall–Kier alpha value is -3.32. The molecule has 1 fully saturated rings. The van der Waals surface area contributed by atoms with Crippen molar-refractivity contribution in [1.29, 1.82) is 0 Å². The fourth-order valence-corrected chi connectivity index (χ4v) is 4.60. The molecule has 0 saturated carbocycles. The molecule has 3 rings (SSSR count). The van der Waals surface area contributed by atoms with E-state index in [1.54, 1.807) is 23.1 Å². The number of aliphatic hydroxyl groups is 1. The lowest BCUT2D eigenvalue weighted by molar-refractivity contribution is -0.140. The minimum Gasteiger partial charge on any atom is -0.507 e. The molecule has 0 aromatic heterocycles. The van der Waals surface area contributed by atoms with E-state index in [2.05, 4.69) is 25.7 Å². The molecule has 1 saturated heterocycles. The number of ether oxygens (including phenoxy) is 2. The summed E-state index contributed by atoms with van der Waals surface area (Å²) < 4.78 is 11.4. The SMILES string of the molecule is CCCCOc1ccc(C2/C(=C(\O)c3ccc(OCC)c(C)c3)C(=O)C(=O)N2CCN(CC)CC)cc1. The molecule has 1 unspecified atom stereocenters. The van der Waals surface area contributed by atoms with Crippen LogP contribution in [0.5, 0.6) is 11.5 Å². The fourth-order valence-electron chi connectivity index (χ4n) is 4.60. The second kappa shape index (κ2) is 13.3. The number of aliphatic hydroxyl groups excluding tert-OH is 1. The lowest BCUT2D eigenvalue weighted by atomic mass is 9.94. The van der Waals surface area contributed by atoms with Gasteiger partial charge in [0.1, 0.15) is 17.3 Å². The highest BCUT2D eigenvalue weighted by Crippen LogP contribution is 2.40. The summed E-state index contributed by atoms with van der Waals surface area (Å²) in [5.74, 6) is 0.0120. The molecule has 1 aliphatic heterocycles. The number of aryl methyl sites for hydroxylation is 1. The average Bonchev–Trinajstić information content (AvgIpc) is 3.15. The van der Waals surface area contributed by atoms with Gasteiger partial charge in [-0.2, -0.15) is 0 Å². The first kappa shape index (κ1) is 28.3. The minimum absolute atomic E-state index is 0.104. The van der Waals surface area contributed by atoms with Crippen LogP contribution in [0.25, 0.3) is 5.76 Å². The average molecular weight is 509 g/mol. The Kier molecular flexibility index (Phi) is 10.1. The highest BCUT2D eigenvalue weighted by atomic mass is 16.5. The van der Waals surface area contributed by atoms with Gasteiger partial charge >= 0.3 is 0 Å². The molecule has 0 aliphatic carbocycles. The normalized spacial score (nSPS) is 17.0. The summed E-state index contributed by atoms with van der Waals surface area (Å²) in [6.07, 6.45) is 2.01. The van der Waals surface area contributed by atoms with Crippen molar-refractivity contribution in [3.63, 3.8) is 0 Å². The van der Waals surface area contributed by atoms with E-state index in [1.165, 1.54) is 0 Å². The van der Waals surface area contributed by atoms with Gasteiger partial charge in [0.05, 0.1) is 24.8 Å². The number of ketones is 1. The number of likely N-dealkylation sites (N-methyl/N-ethyl adjacent to an activating group) is 1. The van der Waals surface area contributed by atoms with Gasteiger partial charge in [-0.1, -0.05) is 39.3 Å². The molecule has 0 radical (unpaired) electrons. The lowest BCUT2D eigenvalue weighted by Crippen LogP contribution is -2.38.